The summed E-state index contributed by atoms with van der Waals surface area (Å²) < 4.78 is 2.08. The van der Waals surface area contributed by atoms with Gasteiger partial charge in [0.25, 0.3) is 0 Å². The van der Waals surface area contributed by atoms with Crippen LogP contribution in [0.1, 0.15) is 38.2 Å². The van der Waals surface area contributed by atoms with Crippen LogP contribution in [-0.4, -0.2) is 20.4 Å². The smallest absolute Gasteiger partial charge is 0.235 e. The van der Waals surface area contributed by atoms with Crippen molar-refractivity contribution in [3.05, 3.63) is 48.3 Å². The van der Waals surface area contributed by atoms with Crippen molar-refractivity contribution >= 4 is 11.6 Å². The highest BCUT2D eigenvalue weighted by Crippen LogP contribution is 2.32. The lowest BCUT2D eigenvalue weighted by Crippen LogP contribution is -2.26. The standard InChI is InChI=1S/C20H24N4/c1-14-4-8-16(9-5-14)18-19(22-17-10-6-15(2)7-11-17)24-13-3-12-21-20(24)23-18/h3-5,8-9,12-13,15,17,22H,6-7,10-11H2,1-2H3. The van der Waals surface area contributed by atoms with E-state index in [1.54, 1.807) is 6.20 Å². The molecule has 1 aromatic carbocycles. The Morgan fingerprint density at radius 3 is 2.58 bits per heavy atom. The van der Waals surface area contributed by atoms with Gasteiger partial charge in [0, 0.05) is 24.0 Å². The summed E-state index contributed by atoms with van der Waals surface area (Å²) in [6.45, 7) is 4.46. The highest BCUT2D eigenvalue weighted by molar-refractivity contribution is 5.75. The third-order valence-corrected chi connectivity index (χ3v) is 5.09. The summed E-state index contributed by atoms with van der Waals surface area (Å²) in [5, 5.41) is 3.77. The first-order valence-corrected chi connectivity index (χ1v) is 8.87. The Kier molecular flexibility index (Phi) is 3.97. The molecule has 0 atom stereocenters. The van der Waals surface area contributed by atoms with Gasteiger partial charge in [-0.25, -0.2) is 9.97 Å². The summed E-state index contributed by atoms with van der Waals surface area (Å²) in [4.78, 5) is 9.20. The fraction of sp³-hybridized carbons (Fsp3) is 0.400. The van der Waals surface area contributed by atoms with Gasteiger partial charge in [-0.05, 0) is 44.6 Å². The number of nitrogens with one attached hydrogen (secondary N) is 1. The molecule has 1 aliphatic carbocycles. The van der Waals surface area contributed by atoms with Crippen molar-refractivity contribution in [1.29, 1.82) is 0 Å². The molecule has 4 nitrogen and oxygen atoms in total. The second kappa shape index (κ2) is 6.27. The molecule has 0 spiro atoms. The highest BCUT2D eigenvalue weighted by Gasteiger charge is 2.22. The Labute approximate surface area is 143 Å². The van der Waals surface area contributed by atoms with E-state index in [1.807, 2.05) is 12.3 Å². The molecule has 24 heavy (non-hydrogen) atoms. The number of rotatable bonds is 3. The van der Waals surface area contributed by atoms with E-state index < -0.39 is 0 Å². The topological polar surface area (TPSA) is 42.2 Å². The van der Waals surface area contributed by atoms with Crippen LogP contribution in [0.2, 0.25) is 0 Å². The maximum atomic E-state index is 4.78. The van der Waals surface area contributed by atoms with E-state index in [4.69, 9.17) is 4.98 Å². The number of imidazole rings is 1. The molecule has 3 aromatic rings. The summed E-state index contributed by atoms with van der Waals surface area (Å²) in [7, 11) is 0. The molecule has 2 aromatic heterocycles. The molecule has 0 saturated heterocycles. The number of benzene rings is 1. The van der Waals surface area contributed by atoms with Crippen molar-refractivity contribution in [2.24, 2.45) is 5.92 Å². The molecule has 1 saturated carbocycles. The third kappa shape index (κ3) is 2.88. The van der Waals surface area contributed by atoms with Crippen LogP contribution in [0, 0.1) is 12.8 Å². The predicted octanol–water partition coefficient (Wildman–Crippen LogP) is 4.70. The summed E-state index contributed by atoms with van der Waals surface area (Å²) in [6.07, 6.45) is 8.89. The van der Waals surface area contributed by atoms with Crippen molar-refractivity contribution < 1.29 is 0 Å². The largest absolute Gasteiger partial charge is 0.367 e. The quantitative estimate of drug-likeness (QED) is 0.761. The number of fused-ring (bicyclic) bond motifs is 1. The number of aromatic nitrogens is 3. The molecule has 0 unspecified atom stereocenters. The van der Waals surface area contributed by atoms with E-state index in [1.165, 1.54) is 31.2 Å². The van der Waals surface area contributed by atoms with Gasteiger partial charge >= 0.3 is 0 Å². The van der Waals surface area contributed by atoms with Gasteiger partial charge < -0.3 is 5.32 Å². The van der Waals surface area contributed by atoms with Gasteiger partial charge in [0.1, 0.15) is 11.5 Å². The van der Waals surface area contributed by atoms with Crippen LogP contribution in [-0.2, 0) is 0 Å². The first-order chi connectivity index (χ1) is 11.7. The van der Waals surface area contributed by atoms with Crippen LogP contribution >= 0.6 is 0 Å². The van der Waals surface area contributed by atoms with Crippen molar-refractivity contribution in [2.75, 3.05) is 5.32 Å². The Balaban J connectivity index is 1.74. The third-order valence-electron chi connectivity index (χ3n) is 5.09. The summed E-state index contributed by atoms with van der Waals surface area (Å²) in [5.41, 5.74) is 3.39. The zero-order valence-electron chi connectivity index (χ0n) is 14.4. The Bertz CT molecular complexity index is 826. The fourth-order valence-electron chi connectivity index (χ4n) is 3.54. The minimum Gasteiger partial charge on any atom is -0.367 e. The highest BCUT2D eigenvalue weighted by atomic mass is 15.2. The van der Waals surface area contributed by atoms with Crippen molar-refractivity contribution in [3.63, 3.8) is 0 Å². The molecular formula is C20H24N4. The molecule has 1 aliphatic rings. The van der Waals surface area contributed by atoms with Gasteiger partial charge in [0.2, 0.25) is 5.78 Å². The average Bonchev–Trinajstić information content (AvgIpc) is 2.96. The van der Waals surface area contributed by atoms with E-state index in [0.717, 1.165) is 28.8 Å². The van der Waals surface area contributed by atoms with Gasteiger partial charge in [0.15, 0.2) is 0 Å². The van der Waals surface area contributed by atoms with E-state index in [9.17, 15) is 0 Å². The minimum absolute atomic E-state index is 0.519. The first-order valence-electron chi connectivity index (χ1n) is 8.87. The van der Waals surface area contributed by atoms with Gasteiger partial charge in [-0.2, -0.15) is 0 Å². The summed E-state index contributed by atoms with van der Waals surface area (Å²) in [5.74, 6) is 2.67. The van der Waals surface area contributed by atoms with Gasteiger partial charge in [-0.3, -0.25) is 4.40 Å². The van der Waals surface area contributed by atoms with E-state index in [0.29, 0.717) is 6.04 Å². The number of nitrogens with zero attached hydrogens (tertiary/aromatic N) is 3. The SMILES string of the molecule is Cc1ccc(-c2nc3ncccn3c2NC2CCC(C)CC2)cc1. The molecule has 0 radical (unpaired) electrons. The molecule has 0 bridgehead atoms. The van der Waals surface area contributed by atoms with Crippen LogP contribution in [0.25, 0.3) is 17.0 Å². The minimum atomic E-state index is 0.519. The van der Waals surface area contributed by atoms with Crippen molar-refractivity contribution in [3.8, 4) is 11.3 Å². The molecule has 4 heteroatoms. The van der Waals surface area contributed by atoms with Crippen molar-refractivity contribution in [2.45, 2.75) is 45.6 Å². The molecule has 0 amide bonds. The lowest BCUT2D eigenvalue weighted by atomic mass is 9.87. The maximum Gasteiger partial charge on any atom is 0.235 e. The molecule has 2 heterocycles. The lowest BCUT2D eigenvalue weighted by molar-refractivity contribution is 0.361. The van der Waals surface area contributed by atoms with Crippen LogP contribution < -0.4 is 5.32 Å². The Hall–Kier alpha value is -2.36. The lowest BCUT2D eigenvalue weighted by Gasteiger charge is -2.27. The van der Waals surface area contributed by atoms with Gasteiger partial charge in [0.05, 0.1) is 0 Å². The monoisotopic (exact) mass is 320 g/mol. The van der Waals surface area contributed by atoms with Crippen LogP contribution in [0.4, 0.5) is 5.82 Å². The van der Waals surface area contributed by atoms with Crippen LogP contribution in [0.3, 0.4) is 0 Å². The summed E-state index contributed by atoms with van der Waals surface area (Å²) in [6, 6.07) is 11.0. The van der Waals surface area contributed by atoms with E-state index >= 15 is 0 Å². The van der Waals surface area contributed by atoms with E-state index in [2.05, 4.69) is 52.8 Å². The zero-order chi connectivity index (χ0) is 16.5. The normalized spacial score (nSPS) is 21.1. The number of anilines is 1. The number of aryl methyl sites for hydroxylation is 1. The molecule has 1 N–H and O–H groups in total. The Morgan fingerprint density at radius 1 is 1.08 bits per heavy atom. The van der Waals surface area contributed by atoms with Crippen LogP contribution in [0.5, 0.6) is 0 Å². The molecule has 1 fully saturated rings. The maximum absolute atomic E-state index is 4.78. The number of hydrogen-bond donors (Lipinski definition) is 1. The molecular weight excluding hydrogens is 296 g/mol. The second-order valence-electron chi connectivity index (χ2n) is 7.07. The van der Waals surface area contributed by atoms with Gasteiger partial charge in [-0.15, -0.1) is 0 Å². The Morgan fingerprint density at radius 2 is 1.83 bits per heavy atom. The molecule has 0 aliphatic heterocycles. The molecule has 124 valence electrons. The number of hydrogen-bond acceptors (Lipinski definition) is 3. The fourth-order valence-corrected chi connectivity index (χ4v) is 3.54. The first kappa shape index (κ1) is 15.2. The molecule has 4 rings (SSSR count). The summed E-state index contributed by atoms with van der Waals surface area (Å²) >= 11 is 0. The second-order valence-corrected chi connectivity index (χ2v) is 7.07. The zero-order valence-corrected chi connectivity index (χ0v) is 14.4. The van der Waals surface area contributed by atoms with E-state index in [-0.39, 0.29) is 0 Å². The average molecular weight is 320 g/mol. The van der Waals surface area contributed by atoms with Crippen LogP contribution in [0.15, 0.2) is 42.7 Å². The van der Waals surface area contributed by atoms with Crippen molar-refractivity contribution in [1.82, 2.24) is 14.4 Å². The van der Waals surface area contributed by atoms with Gasteiger partial charge in [-0.1, -0.05) is 36.8 Å². The predicted molar refractivity (Wildman–Crippen MR) is 98.2 cm³/mol.